The molecule has 0 spiro atoms. The van der Waals surface area contributed by atoms with Crippen LogP contribution in [0.25, 0.3) is 0 Å². The zero-order valence-corrected chi connectivity index (χ0v) is 12.7. The Bertz CT molecular complexity index is 697. The summed E-state index contributed by atoms with van der Waals surface area (Å²) in [5.41, 5.74) is -0.758. The molecule has 0 fully saturated rings. The zero-order chi connectivity index (χ0) is 12.9. The number of hydrogen-bond acceptors (Lipinski definition) is 6. The molecular formula is C10H8N2O2S4. The molecule has 0 bridgehead atoms. The predicted octanol–water partition coefficient (Wildman–Crippen LogP) is 3.12. The van der Waals surface area contributed by atoms with Gasteiger partial charge in [0, 0.05) is 0 Å². The van der Waals surface area contributed by atoms with E-state index in [1.807, 2.05) is 0 Å². The summed E-state index contributed by atoms with van der Waals surface area (Å²) >= 11 is 6.35. The Kier molecular flexibility index (Phi) is 3.21. The van der Waals surface area contributed by atoms with Gasteiger partial charge in [-0.05, 0) is 23.7 Å². The van der Waals surface area contributed by atoms with Crippen LogP contribution in [0.1, 0.15) is 13.8 Å². The molecule has 0 saturated heterocycles. The average Bonchev–Trinajstić information content (AvgIpc) is 2.84. The van der Waals surface area contributed by atoms with Gasteiger partial charge in [0.1, 0.15) is 9.92 Å². The smallest absolute Gasteiger partial charge is 0.301 e. The quantitative estimate of drug-likeness (QED) is 0.717. The van der Waals surface area contributed by atoms with Gasteiger partial charge in [0.2, 0.25) is 0 Å². The molecule has 94 valence electrons. The summed E-state index contributed by atoms with van der Waals surface area (Å²) in [5, 5.41) is 0.652. The zero-order valence-electron chi connectivity index (χ0n) is 9.45. The number of rotatable bonds is 0. The van der Waals surface area contributed by atoms with Crippen LogP contribution >= 0.6 is 47.0 Å². The fourth-order valence-electron chi connectivity index (χ4n) is 1.43. The lowest BCUT2D eigenvalue weighted by atomic mass is 10.6. The highest BCUT2D eigenvalue weighted by atomic mass is 32.2. The van der Waals surface area contributed by atoms with Gasteiger partial charge < -0.3 is 4.98 Å². The third-order valence-corrected chi connectivity index (χ3v) is 8.07. The Balaban J connectivity index is 2.00. The summed E-state index contributed by atoms with van der Waals surface area (Å²) in [4.78, 5) is 31.0. The van der Waals surface area contributed by atoms with E-state index >= 15 is 0 Å². The number of allylic oxidation sites excluding steroid dienone is 2. The standard InChI is InChI=1S/C10H8N2O2S4/c1-3-4(2)16-8(15-3)9-17-5-6(13)11-10(14)12-7(5)18-9/h1-2H3,(H2,11,12,13,14). The molecule has 4 nitrogen and oxygen atoms in total. The van der Waals surface area contributed by atoms with E-state index in [1.165, 1.54) is 37.6 Å². The molecule has 2 aliphatic rings. The van der Waals surface area contributed by atoms with Gasteiger partial charge in [-0.1, -0.05) is 47.0 Å². The second kappa shape index (κ2) is 4.59. The summed E-state index contributed by atoms with van der Waals surface area (Å²) in [6.07, 6.45) is 0. The highest BCUT2D eigenvalue weighted by molar-refractivity contribution is 8.32. The molecule has 18 heavy (non-hydrogen) atoms. The van der Waals surface area contributed by atoms with Crippen molar-refractivity contribution in [2.75, 3.05) is 0 Å². The molecule has 1 aromatic heterocycles. The Morgan fingerprint density at radius 2 is 1.44 bits per heavy atom. The lowest BCUT2D eigenvalue weighted by Crippen LogP contribution is -2.23. The largest absolute Gasteiger partial charge is 0.326 e. The maximum absolute atomic E-state index is 11.7. The first-order chi connectivity index (χ1) is 8.54. The van der Waals surface area contributed by atoms with Crippen molar-refractivity contribution in [2.24, 2.45) is 0 Å². The number of nitrogens with one attached hydrogen (secondary N) is 2. The first kappa shape index (κ1) is 12.6. The molecule has 2 N–H and O–H groups in total. The molecule has 2 aliphatic heterocycles. The van der Waals surface area contributed by atoms with E-state index in [0.717, 1.165) is 4.24 Å². The second-order valence-corrected chi connectivity index (χ2v) is 8.67. The summed E-state index contributed by atoms with van der Waals surface area (Å²) in [6, 6.07) is 0. The number of H-pyrrole nitrogens is 2. The molecule has 0 unspecified atom stereocenters. The number of aromatic amines is 2. The third kappa shape index (κ3) is 2.11. The van der Waals surface area contributed by atoms with Gasteiger partial charge >= 0.3 is 5.69 Å². The van der Waals surface area contributed by atoms with E-state index in [9.17, 15) is 9.59 Å². The fraction of sp³-hybridized carbons (Fsp3) is 0.200. The van der Waals surface area contributed by atoms with Crippen LogP contribution in [-0.4, -0.2) is 9.97 Å². The molecule has 0 aromatic carbocycles. The van der Waals surface area contributed by atoms with Gasteiger partial charge in [-0.25, -0.2) is 4.79 Å². The van der Waals surface area contributed by atoms with Crippen LogP contribution in [0.4, 0.5) is 0 Å². The Morgan fingerprint density at radius 3 is 2.11 bits per heavy atom. The summed E-state index contributed by atoms with van der Waals surface area (Å²) in [7, 11) is 0. The van der Waals surface area contributed by atoms with Crippen LogP contribution in [0, 0.1) is 0 Å². The number of aromatic nitrogens is 2. The lowest BCUT2D eigenvalue weighted by molar-refractivity contribution is 0.881. The number of fused-ring (bicyclic) bond motifs is 1. The van der Waals surface area contributed by atoms with Crippen LogP contribution in [0.3, 0.4) is 0 Å². The summed E-state index contributed by atoms with van der Waals surface area (Å²) < 4.78 is 2.26. The molecule has 1 aromatic rings. The van der Waals surface area contributed by atoms with Crippen LogP contribution in [0.5, 0.6) is 0 Å². The number of hydrogen-bond donors (Lipinski definition) is 2. The van der Waals surface area contributed by atoms with E-state index in [4.69, 9.17) is 0 Å². The highest BCUT2D eigenvalue weighted by Crippen LogP contribution is 2.58. The minimum absolute atomic E-state index is 0.309. The molecule has 0 radical (unpaired) electrons. The highest BCUT2D eigenvalue weighted by Gasteiger charge is 2.28. The molecule has 0 atom stereocenters. The minimum atomic E-state index is -0.449. The molecule has 0 amide bonds. The van der Waals surface area contributed by atoms with E-state index in [2.05, 4.69) is 23.8 Å². The summed E-state index contributed by atoms with van der Waals surface area (Å²) in [5.74, 6) is 0. The fourth-order valence-corrected chi connectivity index (χ4v) is 6.68. The predicted molar refractivity (Wildman–Crippen MR) is 80.0 cm³/mol. The second-order valence-electron chi connectivity index (χ2n) is 3.66. The lowest BCUT2D eigenvalue weighted by Gasteiger charge is -1.99. The molecule has 8 heteroatoms. The average molecular weight is 316 g/mol. The van der Waals surface area contributed by atoms with E-state index < -0.39 is 5.69 Å². The van der Waals surface area contributed by atoms with Gasteiger partial charge in [0.25, 0.3) is 5.56 Å². The van der Waals surface area contributed by atoms with Crippen molar-refractivity contribution in [3.63, 3.8) is 0 Å². The maximum atomic E-state index is 11.7. The summed E-state index contributed by atoms with van der Waals surface area (Å²) in [6.45, 7) is 4.18. The molecule has 0 aliphatic carbocycles. The van der Waals surface area contributed by atoms with E-state index in [1.54, 1.807) is 23.5 Å². The molecule has 3 rings (SSSR count). The van der Waals surface area contributed by atoms with E-state index in [0.29, 0.717) is 9.92 Å². The van der Waals surface area contributed by atoms with Crippen LogP contribution < -0.4 is 11.2 Å². The van der Waals surface area contributed by atoms with Crippen molar-refractivity contribution in [3.8, 4) is 0 Å². The third-order valence-electron chi connectivity index (χ3n) is 2.41. The molecule has 3 heterocycles. The van der Waals surface area contributed by atoms with Crippen LogP contribution in [-0.2, 0) is 0 Å². The SMILES string of the molecule is CC1=C(C)SC(=C2Sc3[nH]c(=O)[nH]c(=O)c3S2)S1. The van der Waals surface area contributed by atoms with E-state index in [-0.39, 0.29) is 5.56 Å². The van der Waals surface area contributed by atoms with Gasteiger partial charge in [-0.3, -0.25) is 9.78 Å². The van der Waals surface area contributed by atoms with Gasteiger partial charge in [-0.2, -0.15) is 0 Å². The van der Waals surface area contributed by atoms with Crippen LogP contribution in [0.2, 0.25) is 0 Å². The van der Waals surface area contributed by atoms with Crippen molar-refractivity contribution in [2.45, 2.75) is 23.8 Å². The maximum Gasteiger partial charge on any atom is 0.326 e. The first-order valence-corrected chi connectivity index (χ1v) is 8.31. The minimum Gasteiger partial charge on any atom is -0.301 e. The Morgan fingerprint density at radius 1 is 0.833 bits per heavy atom. The van der Waals surface area contributed by atoms with Crippen molar-refractivity contribution >= 4 is 47.0 Å². The van der Waals surface area contributed by atoms with Gasteiger partial charge in [0.15, 0.2) is 0 Å². The molecular weight excluding hydrogens is 308 g/mol. The topological polar surface area (TPSA) is 65.7 Å². The first-order valence-electron chi connectivity index (χ1n) is 5.04. The van der Waals surface area contributed by atoms with Crippen molar-refractivity contribution < 1.29 is 0 Å². The Labute approximate surface area is 119 Å². The monoisotopic (exact) mass is 316 g/mol. The van der Waals surface area contributed by atoms with Crippen LogP contribution in [0.15, 0.2) is 37.8 Å². The van der Waals surface area contributed by atoms with Gasteiger partial charge in [0.05, 0.1) is 8.47 Å². The molecule has 0 saturated carbocycles. The number of thioether (sulfide) groups is 4. The normalized spacial score (nSPS) is 18.8. The Hall–Kier alpha value is -0.440. The van der Waals surface area contributed by atoms with Gasteiger partial charge in [-0.15, -0.1) is 0 Å². The van der Waals surface area contributed by atoms with Crippen molar-refractivity contribution in [1.82, 2.24) is 9.97 Å². The van der Waals surface area contributed by atoms with Crippen molar-refractivity contribution in [1.29, 1.82) is 0 Å². The van der Waals surface area contributed by atoms with Crippen molar-refractivity contribution in [3.05, 3.63) is 39.1 Å².